The van der Waals surface area contributed by atoms with E-state index in [0.717, 1.165) is 50.8 Å². The summed E-state index contributed by atoms with van der Waals surface area (Å²) in [6, 6.07) is 5.83. The number of halogens is 2. The van der Waals surface area contributed by atoms with Gasteiger partial charge in [0.15, 0.2) is 0 Å². The fourth-order valence-electron chi connectivity index (χ4n) is 4.13. The Hall–Kier alpha value is -1.17. The molecule has 3 rings (SSSR count). The van der Waals surface area contributed by atoms with Crippen molar-refractivity contribution in [2.45, 2.75) is 44.2 Å². The average Bonchev–Trinajstić information content (AvgIpc) is 2.75. The van der Waals surface area contributed by atoms with Crippen molar-refractivity contribution in [3.63, 3.8) is 0 Å². The molecule has 1 aliphatic carbocycles. The van der Waals surface area contributed by atoms with Gasteiger partial charge in [-0.15, -0.1) is 12.4 Å². The summed E-state index contributed by atoms with van der Waals surface area (Å²) in [5.74, 6) is -0.918. The Morgan fingerprint density at radius 3 is 2.88 bits per heavy atom. The quantitative estimate of drug-likeness (QED) is 0.900. The van der Waals surface area contributed by atoms with Crippen LogP contribution in [0.25, 0.3) is 0 Å². The number of carbonyl (C=O) groups is 1. The van der Waals surface area contributed by atoms with Gasteiger partial charge in [-0.3, -0.25) is 14.6 Å². The zero-order valence-electron chi connectivity index (χ0n) is 14.1. The molecule has 24 heavy (non-hydrogen) atoms. The van der Waals surface area contributed by atoms with Gasteiger partial charge < -0.3 is 5.11 Å². The van der Waals surface area contributed by atoms with Crippen LogP contribution in [0.1, 0.15) is 42.9 Å². The summed E-state index contributed by atoms with van der Waals surface area (Å²) in [5, 5.41) is 8.96. The summed E-state index contributed by atoms with van der Waals surface area (Å²) in [7, 11) is 1.90. The van der Waals surface area contributed by atoms with Gasteiger partial charge in [-0.05, 0) is 69.0 Å². The number of nitrogens with zero attached hydrogens (tertiary/aromatic N) is 2. The summed E-state index contributed by atoms with van der Waals surface area (Å²) in [5.41, 5.74) is 2.43. The monoisotopic (exact) mass is 356 g/mol. The normalized spacial score (nSPS) is 24.3. The molecule has 1 saturated heterocycles. The third-order valence-corrected chi connectivity index (χ3v) is 5.34. The summed E-state index contributed by atoms with van der Waals surface area (Å²) >= 11 is 0. The Morgan fingerprint density at radius 1 is 1.33 bits per heavy atom. The van der Waals surface area contributed by atoms with Gasteiger partial charge in [0.1, 0.15) is 5.82 Å². The zero-order valence-corrected chi connectivity index (χ0v) is 14.9. The fraction of sp³-hybridized carbons (Fsp3) is 0.611. The molecule has 2 atom stereocenters. The highest BCUT2D eigenvalue weighted by molar-refractivity contribution is 5.85. The number of likely N-dealkylation sites (tertiary alicyclic amines) is 1. The number of fused-ring (bicyclic) bond motifs is 1. The van der Waals surface area contributed by atoms with Crippen LogP contribution in [0, 0.1) is 5.82 Å². The van der Waals surface area contributed by atoms with Crippen LogP contribution in [0.2, 0.25) is 0 Å². The summed E-state index contributed by atoms with van der Waals surface area (Å²) in [6.45, 7) is 2.06. The Morgan fingerprint density at radius 2 is 2.12 bits per heavy atom. The molecule has 0 spiro atoms. The van der Waals surface area contributed by atoms with Crippen molar-refractivity contribution in [3.05, 3.63) is 35.1 Å². The van der Waals surface area contributed by atoms with Crippen molar-refractivity contribution >= 4 is 18.4 Å². The van der Waals surface area contributed by atoms with E-state index in [2.05, 4.69) is 4.90 Å². The molecule has 1 fully saturated rings. The average molecular weight is 357 g/mol. The van der Waals surface area contributed by atoms with Gasteiger partial charge in [-0.1, -0.05) is 6.07 Å². The third kappa shape index (κ3) is 4.26. The predicted octanol–water partition coefficient (Wildman–Crippen LogP) is 3.11. The van der Waals surface area contributed by atoms with Crippen LogP contribution in [0.15, 0.2) is 18.2 Å². The molecule has 134 valence electrons. The molecule has 1 N–H and O–H groups in total. The molecule has 1 aromatic rings. The van der Waals surface area contributed by atoms with E-state index in [0.29, 0.717) is 12.1 Å². The lowest BCUT2D eigenvalue weighted by atomic mass is 10.1. The molecule has 1 aromatic carbocycles. The van der Waals surface area contributed by atoms with Gasteiger partial charge in [-0.25, -0.2) is 4.39 Å². The lowest BCUT2D eigenvalue weighted by molar-refractivity contribution is -0.138. The molecular formula is C18H26ClFN2O2. The lowest BCUT2D eigenvalue weighted by Gasteiger charge is -2.29. The zero-order chi connectivity index (χ0) is 16.4. The first kappa shape index (κ1) is 19.2. The van der Waals surface area contributed by atoms with Crippen LogP contribution in [-0.4, -0.2) is 53.6 Å². The smallest absolute Gasteiger partial charge is 0.317 e. The molecule has 4 nitrogen and oxygen atoms in total. The molecular weight excluding hydrogens is 331 g/mol. The number of aliphatic carboxylic acids is 1. The molecule has 0 aromatic heterocycles. The molecule has 0 saturated carbocycles. The first-order valence-electron chi connectivity index (χ1n) is 8.49. The van der Waals surface area contributed by atoms with E-state index in [1.54, 1.807) is 12.1 Å². The second kappa shape index (κ2) is 8.28. The molecule has 1 heterocycles. The molecule has 2 aliphatic rings. The van der Waals surface area contributed by atoms with Crippen LogP contribution in [0.4, 0.5) is 4.39 Å². The first-order valence-corrected chi connectivity index (χ1v) is 8.49. The third-order valence-electron chi connectivity index (χ3n) is 5.34. The van der Waals surface area contributed by atoms with Crippen LogP contribution in [0.3, 0.4) is 0 Å². The second-order valence-electron chi connectivity index (χ2n) is 6.83. The maximum absolute atomic E-state index is 13.6. The van der Waals surface area contributed by atoms with Crippen molar-refractivity contribution in [1.82, 2.24) is 9.80 Å². The SMILES string of the molecule is CN(CC(=O)O)C1CCCN(C2CCc3ccc(F)cc32)CC1.Cl. The van der Waals surface area contributed by atoms with E-state index >= 15 is 0 Å². The summed E-state index contributed by atoms with van der Waals surface area (Å²) in [4.78, 5) is 15.3. The van der Waals surface area contributed by atoms with Crippen LogP contribution < -0.4 is 0 Å². The van der Waals surface area contributed by atoms with Gasteiger partial charge >= 0.3 is 5.97 Å². The molecule has 2 unspecified atom stereocenters. The molecule has 0 radical (unpaired) electrons. The number of likely N-dealkylation sites (N-methyl/N-ethyl adjacent to an activating group) is 1. The topological polar surface area (TPSA) is 43.8 Å². The largest absolute Gasteiger partial charge is 0.480 e. The maximum Gasteiger partial charge on any atom is 0.317 e. The number of hydrogen-bond donors (Lipinski definition) is 1. The summed E-state index contributed by atoms with van der Waals surface area (Å²) in [6.07, 6.45) is 5.16. The van der Waals surface area contributed by atoms with Gasteiger partial charge in [-0.2, -0.15) is 0 Å². The maximum atomic E-state index is 13.6. The highest BCUT2D eigenvalue weighted by Gasteiger charge is 2.30. The van der Waals surface area contributed by atoms with Crippen molar-refractivity contribution in [3.8, 4) is 0 Å². The van der Waals surface area contributed by atoms with Crippen molar-refractivity contribution in [1.29, 1.82) is 0 Å². The van der Waals surface area contributed by atoms with Crippen LogP contribution in [0.5, 0.6) is 0 Å². The van der Waals surface area contributed by atoms with Gasteiger partial charge in [0.25, 0.3) is 0 Å². The molecule has 6 heteroatoms. The lowest BCUT2D eigenvalue weighted by Crippen LogP contribution is -2.37. The van der Waals surface area contributed by atoms with Crippen LogP contribution in [-0.2, 0) is 11.2 Å². The number of hydrogen-bond acceptors (Lipinski definition) is 3. The summed E-state index contributed by atoms with van der Waals surface area (Å²) < 4.78 is 13.6. The predicted molar refractivity (Wildman–Crippen MR) is 94.2 cm³/mol. The van der Waals surface area contributed by atoms with E-state index in [1.807, 2.05) is 18.0 Å². The van der Waals surface area contributed by atoms with Crippen molar-refractivity contribution in [2.75, 3.05) is 26.7 Å². The standard InChI is InChI=1S/C18H25FN2O2.ClH/c1-20(12-18(22)23)15-3-2-9-21(10-8-15)17-7-5-13-4-6-14(19)11-16(13)17;/h4,6,11,15,17H,2-3,5,7-10,12H2,1H3,(H,22,23);1H. The van der Waals surface area contributed by atoms with Gasteiger partial charge in [0.2, 0.25) is 0 Å². The number of aryl methyl sites for hydroxylation is 1. The number of carboxylic acids is 1. The number of carboxylic acid groups (broad SMARTS) is 1. The van der Waals surface area contributed by atoms with E-state index in [4.69, 9.17) is 5.11 Å². The number of rotatable bonds is 4. The molecule has 1 aliphatic heterocycles. The second-order valence-corrected chi connectivity index (χ2v) is 6.83. The number of benzene rings is 1. The first-order chi connectivity index (χ1) is 11.0. The Kier molecular flexibility index (Phi) is 6.61. The van der Waals surface area contributed by atoms with Crippen LogP contribution >= 0.6 is 12.4 Å². The van der Waals surface area contributed by atoms with Gasteiger partial charge in [0.05, 0.1) is 6.54 Å². The minimum Gasteiger partial charge on any atom is -0.480 e. The molecule has 0 bridgehead atoms. The Balaban J connectivity index is 0.00000208. The molecule has 0 amide bonds. The Bertz CT molecular complexity index is 584. The highest BCUT2D eigenvalue weighted by Crippen LogP contribution is 2.37. The van der Waals surface area contributed by atoms with E-state index in [-0.39, 0.29) is 24.8 Å². The fourth-order valence-corrected chi connectivity index (χ4v) is 4.13. The van der Waals surface area contributed by atoms with E-state index in [1.165, 1.54) is 5.56 Å². The Labute approximate surface area is 149 Å². The van der Waals surface area contributed by atoms with Crippen molar-refractivity contribution < 1.29 is 14.3 Å². The van der Waals surface area contributed by atoms with E-state index in [9.17, 15) is 9.18 Å². The highest BCUT2D eigenvalue weighted by atomic mass is 35.5. The van der Waals surface area contributed by atoms with E-state index < -0.39 is 5.97 Å². The minimum absolute atomic E-state index is 0. The van der Waals surface area contributed by atoms with Gasteiger partial charge in [0, 0.05) is 18.6 Å². The van der Waals surface area contributed by atoms with Crippen molar-refractivity contribution in [2.24, 2.45) is 0 Å². The minimum atomic E-state index is -0.770.